The highest BCUT2D eigenvalue weighted by atomic mass is 32.1. The summed E-state index contributed by atoms with van der Waals surface area (Å²) in [4.78, 5) is 18.2. The number of H-pyrrole nitrogens is 1. The summed E-state index contributed by atoms with van der Waals surface area (Å²) < 4.78 is 5.24. The van der Waals surface area contributed by atoms with Gasteiger partial charge >= 0.3 is 4.87 Å². The van der Waals surface area contributed by atoms with E-state index in [1.807, 2.05) is 24.3 Å². The summed E-state index contributed by atoms with van der Waals surface area (Å²) in [6.07, 6.45) is 1.76. The fraction of sp³-hybridized carbons (Fsp3) is 0.143. The van der Waals surface area contributed by atoms with E-state index in [0.717, 1.165) is 39.4 Å². The Hall–Kier alpha value is -2.34. The van der Waals surface area contributed by atoms with Crippen molar-refractivity contribution < 1.29 is 4.74 Å². The molecular formula is C14H13N3O2S. The highest BCUT2D eigenvalue weighted by molar-refractivity contribution is 7.07. The normalized spacial score (nSPS) is 10.7. The summed E-state index contributed by atoms with van der Waals surface area (Å²) in [5.74, 6) is 1.56. The van der Waals surface area contributed by atoms with Crippen LogP contribution in [0.4, 0.5) is 5.82 Å². The highest BCUT2D eigenvalue weighted by Crippen LogP contribution is 2.25. The quantitative estimate of drug-likeness (QED) is 0.774. The topological polar surface area (TPSA) is 67.0 Å². The summed E-state index contributed by atoms with van der Waals surface area (Å²) in [7, 11) is 1.64. The molecule has 2 heterocycles. The first-order chi connectivity index (χ1) is 9.76. The Bertz CT molecular complexity index is 794. The van der Waals surface area contributed by atoms with Crippen molar-refractivity contribution in [3.63, 3.8) is 0 Å². The van der Waals surface area contributed by atoms with Crippen LogP contribution in [0.3, 0.4) is 0 Å². The van der Waals surface area contributed by atoms with Gasteiger partial charge in [-0.2, -0.15) is 0 Å². The van der Waals surface area contributed by atoms with Crippen molar-refractivity contribution in [1.29, 1.82) is 0 Å². The largest absolute Gasteiger partial charge is 0.497 e. The number of aromatic nitrogens is 2. The Morgan fingerprint density at radius 2 is 2.30 bits per heavy atom. The summed E-state index contributed by atoms with van der Waals surface area (Å²) >= 11 is 1.16. The third kappa shape index (κ3) is 2.50. The Morgan fingerprint density at radius 3 is 3.05 bits per heavy atom. The summed E-state index contributed by atoms with van der Waals surface area (Å²) in [5.41, 5.74) is 0.849. The molecule has 0 atom stereocenters. The van der Waals surface area contributed by atoms with Gasteiger partial charge in [-0.1, -0.05) is 17.4 Å². The van der Waals surface area contributed by atoms with Crippen molar-refractivity contribution >= 4 is 27.9 Å². The van der Waals surface area contributed by atoms with E-state index >= 15 is 0 Å². The summed E-state index contributed by atoms with van der Waals surface area (Å²) in [6.45, 7) is 0.530. The van der Waals surface area contributed by atoms with Gasteiger partial charge in [0.2, 0.25) is 0 Å². The molecule has 6 heteroatoms. The highest BCUT2D eigenvalue weighted by Gasteiger charge is 2.04. The number of pyridine rings is 1. The number of hydrogen-bond donors (Lipinski definition) is 2. The number of ether oxygens (including phenoxy) is 1. The van der Waals surface area contributed by atoms with Crippen LogP contribution in [0.15, 0.2) is 40.6 Å². The van der Waals surface area contributed by atoms with Crippen LogP contribution >= 0.6 is 11.3 Å². The van der Waals surface area contributed by atoms with Gasteiger partial charge in [0, 0.05) is 22.7 Å². The average Bonchev–Trinajstić information content (AvgIpc) is 2.90. The zero-order valence-corrected chi connectivity index (χ0v) is 11.7. The van der Waals surface area contributed by atoms with E-state index in [-0.39, 0.29) is 4.87 Å². The van der Waals surface area contributed by atoms with Crippen molar-refractivity contribution in [2.45, 2.75) is 6.54 Å². The van der Waals surface area contributed by atoms with Crippen LogP contribution in [0.2, 0.25) is 0 Å². The second-order valence-electron chi connectivity index (χ2n) is 4.27. The fourth-order valence-electron chi connectivity index (χ4n) is 1.99. The molecule has 0 saturated heterocycles. The van der Waals surface area contributed by atoms with Gasteiger partial charge in [0.05, 0.1) is 13.7 Å². The number of anilines is 1. The number of nitrogens with zero attached hydrogens (tertiary/aromatic N) is 1. The van der Waals surface area contributed by atoms with Gasteiger partial charge in [-0.05, 0) is 23.6 Å². The lowest BCUT2D eigenvalue weighted by Crippen LogP contribution is -2.04. The standard InChI is InChI=1S/C14H13N3O2S/c1-19-11-3-2-9-4-5-15-13(12(9)6-11)16-7-10-8-20-14(18)17-10/h2-6,8H,7H2,1H3,(H,15,16)(H,17,18). The first-order valence-electron chi connectivity index (χ1n) is 6.09. The van der Waals surface area contributed by atoms with E-state index in [1.165, 1.54) is 0 Å². The SMILES string of the molecule is COc1ccc2ccnc(NCc3csc(=O)[nH]3)c2c1. The van der Waals surface area contributed by atoms with Gasteiger partial charge in [-0.25, -0.2) is 4.98 Å². The van der Waals surface area contributed by atoms with Gasteiger partial charge in [-0.3, -0.25) is 4.79 Å². The minimum atomic E-state index is -0.0469. The molecule has 0 bridgehead atoms. The predicted octanol–water partition coefficient (Wildman–Crippen LogP) is 2.61. The van der Waals surface area contributed by atoms with Crippen molar-refractivity contribution in [2.75, 3.05) is 12.4 Å². The van der Waals surface area contributed by atoms with Gasteiger partial charge in [-0.15, -0.1) is 0 Å². The maximum atomic E-state index is 11.1. The van der Waals surface area contributed by atoms with Crippen LogP contribution < -0.4 is 14.9 Å². The van der Waals surface area contributed by atoms with Crippen molar-refractivity contribution in [3.8, 4) is 5.75 Å². The molecule has 102 valence electrons. The molecule has 2 aromatic heterocycles. The maximum absolute atomic E-state index is 11.1. The lowest BCUT2D eigenvalue weighted by atomic mass is 10.1. The van der Waals surface area contributed by atoms with Crippen LogP contribution in [-0.4, -0.2) is 17.1 Å². The number of hydrogen-bond acceptors (Lipinski definition) is 5. The third-order valence-electron chi connectivity index (χ3n) is 2.99. The molecule has 0 aliphatic rings. The lowest BCUT2D eigenvalue weighted by molar-refractivity contribution is 0.415. The molecule has 0 saturated carbocycles. The van der Waals surface area contributed by atoms with Crippen LogP contribution in [0.5, 0.6) is 5.75 Å². The number of rotatable bonds is 4. The molecule has 20 heavy (non-hydrogen) atoms. The van der Waals surface area contributed by atoms with E-state index in [0.29, 0.717) is 6.54 Å². The zero-order valence-electron chi connectivity index (χ0n) is 10.8. The Kier molecular flexibility index (Phi) is 3.39. The number of fused-ring (bicyclic) bond motifs is 1. The third-order valence-corrected chi connectivity index (χ3v) is 3.71. The van der Waals surface area contributed by atoms with Gasteiger partial charge in [0.15, 0.2) is 0 Å². The van der Waals surface area contributed by atoms with Crippen LogP contribution in [0, 0.1) is 0 Å². The maximum Gasteiger partial charge on any atom is 0.304 e. The molecule has 0 aliphatic heterocycles. The number of aromatic amines is 1. The first kappa shape index (κ1) is 12.7. The van der Waals surface area contributed by atoms with Gasteiger partial charge in [0.25, 0.3) is 0 Å². The minimum Gasteiger partial charge on any atom is -0.497 e. The molecular weight excluding hydrogens is 274 g/mol. The molecule has 0 amide bonds. The molecule has 2 N–H and O–H groups in total. The second-order valence-corrected chi connectivity index (χ2v) is 5.12. The molecule has 0 aliphatic carbocycles. The van der Waals surface area contributed by atoms with Crippen LogP contribution in [0.25, 0.3) is 10.8 Å². The zero-order chi connectivity index (χ0) is 13.9. The first-order valence-corrected chi connectivity index (χ1v) is 6.97. The second kappa shape index (κ2) is 5.34. The molecule has 3 aromatic rings. The molecule has 1 aromatic carbocycles. The van der Waals surface area contributed by atoms with Crippen LogP contribution in [0.1, 0.15) is 5.69 Å². The smallest absolute Gasteiger partial charge is 0.304 e. The summed E-state index contributed by atoms with van der Waals surface area (Å²) in [6, 6.07) is 7.81. The van der Waals surface area contributed by atoms with Crippen LogP contribution in [-0.2, 0) is 6.54 Å². The van der Waals surface area contributed by atoms with E-state index in [2.05, 4.69) is 15.3 Å². The number of thiazole rings is 1. The summed E-state index contributed by atoms with van der Waals surface area (Å²) in [5, 5.41) is 7.12. The van der Waals surface area contributed by atoms with Crippen molar-refractivity contribution in [3.05, 3.63) is 51.2 Å². The van der Waals surface area contributed by atoms with E-state index in [4.69, 9.17) is 4.74 Å². The van der Waals surface area contributed by atoms with Gasteiger partial charge in [0.1, 0.15) is 11.6 Å². The molecule has 5 nitrogen and oxygen atoms in total. The molecule has 0 radical (unpaired) electrons. The van der Waals surface area contributed by atoms with Gasteiger partial charge < -0.3 is 15.0 Å². The molecule has 0 unspecified atom stereocenters. The predicted molar refractivity (Wildman–Crippen MR) is 80.6 cm³/mol. The molecule has 0 spiro atoms. The number of nitrogens with one attached hydrogen (secondary N) is 2. The monoisotopic (exact) mass is 287 g/mol. The minimum absolute atomic E-state index is 0.0469. The Balaban J connectivity index is 1.92. The Labute approximate surface area is 119 Å². The van der Waals surface area contributed by atoms with Crippen molar-refractivity contribution in [2.24, 2.45) is 0 Å². The molecule has 3 rings (SSSR count). The van der Waals surface area contributed by atoms with Crippen molar-refractivity contribution in [1.82, 2.24) is 9.97 Å². The Morgan fingerprint density at radius 1 is 1.40 bits per heavy atom. The number of benzene rings is 1. The van der Waals surface area contributed by atoms with E-state index in [9.17, 15) is 4.79 Å². The van der Waals surface area contributed by atoms with E-state index < -0.39 is 0 Å². The fourth-order valence-corrected chi connectivity index (χ4v) is 2.58. The molecule has 0 fully saturated rings. The van der Waals surface area contributed by atoms with E-state index in [1.54, 1.807) is 18.7 Å². The lowest BCUT2D eigenvalue weighted by Gasteiger charge is -2.09. The average molecular weight is 287 g/mol. The number of methoxy groups -OCH3 is 1.